The number of carbonyl (C=O) groups excluding carboxylic acids is 2. The molecule has 0 bridgehead atoms. The molecule has 0 spiro atoms. The Morgan fingerprint density at radius 1 is 0.943 bits per heavy atom. The molecule has 0 atom stereocenters. The second-order valence-electron chi connectivity index (χ2n) is 9.45. The van der Waals surface area contributed by atoms with Gasteiger partial charge in [0.25, 0.3) is 11.8 Å². The fourth-order valence-corrected chi connectivity index (χ4v) is 4.74. The van der Waals surface area contributed by atoms with Crippen molar-refractivity contribution in [2.75, 3.05) is 24.6 Å². The van der Waals surface area contributed by atoms with E-state index >= 15 is 0 Å². The van der Waals surface area contributed by atoms with Gasteiger partial charge in [0.05, 0.1) is 12.2 Å². The molecule has 6 heteroatoms. The lowest BCUT2D eigenvalue weighted by Crippen LogP contribution is -2.44. The number of fused-ring (bicyclic) bond motifs is 1. The largest absolute Gasteiger partial charge is 0.482 e. The number of nitrogens with zero attached hydrogens (tertiary/aromatic N) is 2. The molecule has 180 valence electrons. The molecule has 0 radical (unpaired) electrons. The first-order valence-corrected chi connectivity index (χ1v) is 12.2. The maximum Gasteiger partial charge on any atom is 0.265 e. The summed E-state index contributed by atoms with van der Waals surface area (Å²) in [4.78, 5) is 29.9. The molecule has 3 aromatic carbocycles. The van der Waals surface area contributed by atoms with Crippen molar-refractivity contribution in [3.8, 4) is 5.75 Å². The van der Waals surface area contributed by atoms with Crippen molar-refractivity contribution < 1.29 is 14.3 Å². The summed E-state index contributed by atoms with van der Waals surface area (Å²) in [5.41, 5.74) is 4.71. The normalized spacial score (nSPS) is 16.5. The van der Waals surface area contributed by atoms with Gasteiger partial charge >= 0.3 is 0 Å². The molecule has 1 saturated heterocycles. The van der Waals surface area contributed by atoms with Crippen LogP contribution < -0.4 is 15.0 Å². The smallest absolute Gasteiger partial charge is 0.265 e. The summed E-state index contributed by atoms with van der Waals surface area (Å²) in [5, 5.41) is 3.20. The molecular formula is C29H31N3O3. The van der Waals surface area contributed by atoms with E-state index in [9.17, 15) is 9.59 Å². The molecule has 1 fully saturated rings. The van der Waals surface area contributed by atoms with E-state index in [2.05, 4.69) is 34.5 Å². The second kappa shape index (κ2) is 10.3. The zero-order valence-electron chi connectivity index (χ0n) is 20.1. The van der Waals surface area contributed by atoms with E-state index in [0.29, 0.717) is 23.5 Å². The summed E-state index contributed by atoms with van der Waals surface area (Å²) in [7, 11) is 0. The van der Waals surface area contributed by atoms with E-state index < -0.39 is 0 Å². The van der Waals surface area contributed by atoms with Crippen LogP contribution in [0.1, 0.15) is 39.9 Å². The third-order valence-electron chi connectivity index (χ3n) is 6.80. The molecule has 0 aromatic heterocycles. The van der Waals surface area contributed by atoms with Gasteiger partial charge < -0.3 is 15.0 Å². The summed E-state index contributed by atoms with van der Waals surface area (Å²) in [5.74, 6) is 0.409. The average molecular weight is 470 g/mol. The summed E-state index contributed by atoms with van der Waals surface area (Å²) in [6.45, 7) is 5.34. The van der Waals surface area contributed by atoms with Gasteiger partial charge in [0.1, 0.15) is 5.75 Å². The molecule has 2 heterocycles. The quantitative estimate of drug-likeness (QED) is 0.584. The van der Waals surface area contributed by atoms with Crippen LogP contribution in [-0.2, 0) is 17.9 Å². The van der Waals surface area contributed by atoms with E-state index in [0.717, 1.165) is 38.0 Å². The van der Waals surface area contributed by atoms with Gasteiger partial charge in [-0.05, 0) is 49.1 Å². The monoisotopic (exact) mass is 469 g/mol. The van der Waals surface area contributed by atoms with Crippen molar-refractivity contribution in [1.29, 1.82) is 0 Å². The number of hydrogen-bond acceptors (Lipinski definition) is 4. The lowest BCUT2D eigenvalue weighted by Gasteiger charge is -2.32. The third kappa shape index (κ3) is 5.54. The lowest BCUT2D eigenvalue weighted by molar-refractivity contribution is -0.121. The van der Waals surface area contributed by atoms with Gasteiger partial charge in [-0.2, -0.15) is 0 Å². The summed E-state index contributed by atoms with van der Waals surface area (Å²) >= 11 is 0. The van der Waals surface area contributed by atoms with Crippen LogP contribution in [-0.4, -0.2) is 42.5 Å². The predicted octanol–water partition coefficient (Wildman–Crippen LogP) is 4.32. The van der Waals surface area contributed by atoms with Crippen LogP contribution in [0.5, 0.6) is 5.75 Å². The van der Waals surface area contributed by atoms with Crippen molar-refractivity contribution in [3.63, 3.8) is 0 Å². The van der Waals surface area contributed by atoms with Gasteiger partial charge in [-0.25, -0.2) is 0 Å². The Morgan fingerprint density at radius 3 is 2.40 bits per heavy atom. The van der Waals surface area contributed by atoms with Gasteiger partial charge in [-0.1, -0.05) is 60.2 Å². The fourth-order valence-electron chi connectivity index (χ4n) is 4.74. The number of likely N-dealkylation sites (tertiary alicyclic amines) is 1. The van der Waals surface area contributed by atoms with Crippen LogP contribution in [0.4, 0.5) is 5.69 Å². The zero-order chi connectivity index (χ0) is 24.2. The molecule has 1 N–H and O–H groups in total. The molecule has 2 aliphatic rings. The predicted molar refractivity (Wildman–Crippen MR) is 137 cm³/mol. The van der Waals surface area contributed by atoms with E-state index in [1.165, 1.54) is 11.1 Å². The molecule has 0 saturated carbocycles. The highest BCUT2D eigenvalue weighted by molar-refractivity contribution is 6.01. The third-order valence-corrected chi connectivity index (χ3v) is 6.80. The first-order chi connectivity index (χ1) is 17.0. The Labute approximate surface area is 206 Å². The van der Waals surface area contributed by atoms with E-state index in [1.807, 2.05) is 37.3 Å². The number of aryl methyl sites for hydroxylation is 1. The van der Waals surface area contributed by atoms with Crippen molar-refractivity contribution >= 4 is 17.5 Å². The van der Waals surface area contributed by atoms with Gasteiger partial charge in [-0.3, -0.25) is 14.5 Å². The van der Waals surface area contributed by atoms with E-state index in [1.54, 1.807) is 23.1 Å². The van der Waals surface area contributed by atoms with Crippen molar-refractivity contribution in [1.82, 2.24) is 10.2 Å². The lowest BCUT2D eigenvalue weighted by atomic mass is 10.0. The van der Waals surface area contributed by atoms with Gasteiger partial charge in [0, 0.05) is 31.2 Å². The first kappa shape index (κ1) is 23.1. The minimum absolute atomic E-state index is 0.00591. The second-order valence-corrected chi connectivity index (χ2v) is 9.45. The van der Waals surface area contributed by atoms with Crippen molar-refractivity contribution in [3.05, 3.63) is 95.1 Å². The molecule has 2 aliphatic heterocycles. The van der Waals surface area contributed by atoms with Crippen LogP contribution in [0.2, 0.25) is 0 Å². The number of rotatable bonds is 6. The number of piperidine rings is 1. The molecule has 0 aliphatic carbocycles. The maximum absolute atomic E-state index is 13.1. The van der Waals surface area contributed by atoms with Crippen LogP contribution in [0, 0.1) is 6.92 Å². The van der Waals surface area contributed by atoms with E-state index in [4.69, 9.17) is 4.74 Å². The summed E-state index contributed by atoms with van der Waals surface area (Å²) in [6.07, 6.45) is 1.84. The molecule has 3 aromatic rings. The fraction of sp³-hybridized carbons (Fsp3) is 0.310. The summed E-state index contributed by atoms with van der Waals surface area (Å²) < 4.78 is 5.64. The topological polar surface area (TPSA) is 61.9 Å². The molecule has 0 unspecified atom stereocenters. The Hall–Kier alpha value is -3.64. The Kier molecular flexibility index (Phi) is 6.82. The molecule has 5 rings (SSSR count). The van der Waals surface area contributed by atoms with Crippen LogP contribution in [0.25, 0.3) is 0 Å². The average Bonchev–Trinajstić information content (AvgIpc) is 2.88. The van der Waals surface area contributed by atoms with Gasteiger partial charge in [0.2, 0.25) is 0 Å². The first-order valence-electron chi connectivity index (χ1n) is 12.2. The number of carbonyl (C=O) groups is 2. The number of hydrogen-bond donors (Lipinski definition) is 1. The standard InChI is InChI=1S/C29H31N3O3/c1-21-7-9-23(10-8-21)19-32-26-17-24(11-12-27(26)35-20-28(32)33)29(34)30-25-13-15-31(16-14-25)18-22-5-3-2-4-6-22/h2-12,17,25H,13-16,18-20H2,1H3,(H,30,34). The van der Waals surface area contributed by atoms with Gasteiger partial charge in [-0.15, -0.1) is 0 Å². The minimum atomic E-state index is -0.110. The van der Waals surface area contributed by atoms with Crippen LogP contribution >= 0.6 is 0 Å². The number of nitrogens with one attached hydrogen (secondary N) is 1. The molecule has 35 heavy (non-hydrogen) atoms. The highest BCUT2D eigenvalue weighted by atomic mass is 16.5. The van der Waals surface area contributed by atoms with E-state index in [-0.39, 0.29) is 24.5 Å². The SMILES string of the molecule is Cc1ccc(CN2C(=O)COc3ccc(C(=O)NC4CCN(Cc5ccccc5)CC4)cc32)cc1. The molecule has 2 amide bonds. The van der Waals surface area contributed by atoms with Crippen LogP contribution in [0.3, 0.4) is 0 Å². The van der Waals surface area contributed by atoms with Crippen molar-refractivity contribution in [2.45, 2.75) is 38.9 Å². The Morgan fingerprint density at radius 2 is 1.66 bits per heavy atom. The molecular weight excluding hydrogens is 438 g/mol. The Balaban J connectivity index is 1.23. The Bertz CT molecular complexity index is 1190. The molecule has 6 nitrogen and oxygen atoms in total. The number of amides is 2. The van der Waals surface area contributed by atoms with Crippen LogP contribution in [0.15, 0.2) is 72.8 Å². The van der Waals surface area contributed by atoms with Gasteiger partial charge in [0.15, 0.2) is 6.61 Å². The maximum atomic E-state index is 13.1. The zero-order valence-corrected chi connectivity index (χ0v) is 20.1. The number of benzene rings is 3. The van der Waals surface area contributed by atoms with Crippen molar-refractivity contribution in [2.24, 2.45) is 0 Å². The summed E-state index contributed by atoms with van der Waals surface area (Å²) in [6, 6.07) is 24.1. The number of anilines is 1. The highest BCUT2D eigenvalue weighted by Gasteiger charge is 2.27. The highest BCUT2D eigenvalue weighted by Crippen LogP contribution is 2.34. The number of ether oxygens (including phenoxy) is 1. The minimum Gasteiger partial charge on any atom is -0.482 e.